The summed E-state index contributed by atoms with van der Waals surface area (Å²) in [4.78, 5) is 4.02. The number of guanidine groups is 1. The van der Waals surface area contributed by atoms with Gasteiger partial charge in [-0.15, -0.1) is 0 Å². The smallest absolute Gasteiger partial charge is 0.381 e. The second-order valence-electron chi connectivity index (χ2n) is 5.21. The second-order valence-corrected chi connectivity index (χ2v) is 5.21. The SMILES string of the molecule is NC(N)=NCC1(c2cccc(C(F)(F)F)c2)CCOCC1. The van der Waals surface area contributed by atoms with Crippen LogP contribution in [0.1, 0.15) is 24.0 Å². The van der Waals surface area contributed by atoms with E-state index in [0.717, 1.165) is 6.07 Å². The standard InChI is InChI=1S/C14H18F3N3O/c15-14(16,17)11-3-1-2-10(8-11)13(9-20-12(18)19)4-6-21-7-5-13/h1-3,8H,4-7,9H2,(H4,18,19,20). The number of hydrogen-bond donors (Lipinski definition) is 2. The first-order chi connectivity index (χ1) is 9.83. The number of hydrogen-bond acceptors (Lipinski definition) is 2. The molecule has 0 atom stereocenters. The maximum absolute atomic E-state index is 12.9. The first kappa shape index (κ1) is 15.6. The van der Waals surface area contributed by atoms with Crippen LogP contribution in [0.5, 0.6) is 0 Å². The zero-order valence-electron chi connectivity index (χ0n) is 11.5. The molecule has 0 radical (unpaired) electrons. The molecule has 1 aliphatic rings. The lowest BCUT2D eigenvalue weighted by atomic mass is 9.74. The lowest BCUT2D eigenvalue weighted by Gasteiger charge is -2.36. The summed E-state index contributed by atoms with van der Waals surface area (Å²) in [6, 6.07) is 5.37. The van der Waals surface area contributed by atoms with E-state index in [2.05, 4.69) is 4.99 Å². The highest BCUT2D eigenvalue weighted by atomic mass is 19.4. The minimum absolute atomic E-state index is 0.0622. The van der Waals surface area contributed by atoms with Crippen molar-refractivity contribution in [3.63, 3.8) is 0 Å². The maximum atomic E-state index is 12.9. The molecule has 7 heteroatoms. The number of ether oxygens (including phenoxy) is 1. The van der Waals surface area contributed by atoms with Crippen LogP contribution in [0, 0.1) is 0 Å². The molecule has 0 aromatic heterocycles. The summed E-state index contributed by atoms with van der Waals surface area (Å²) in [5.74, 6) is -0.0622. The number of nitrogens with two attached hydrogens (primary N) is 2. The van der Waals surface area contributed by atoms with E-state index in [-0.39, 0.29) is 12.5 Å². The van der Waals surface area contributed by atoms with Crippen molar-refractivity contribution >= 4 is 5.96 Å². The Balaban J connectivity index is 2.39. The molecular formula is C14H18F3N3O. The van der Waals surface area contributed by atoms with Crippen LogP contribution in [-0.4, -0.2) is 25.7 Å². The van der Waals surface area contributed by atoms with Crippen molar-refractivity contribution < 1.29 is 17.9 Å². The fraction of sp³-hybridized carbons (Fsp3) is 0.500. The Labute approximate surface area is 121 Å². The van der Waals surface area contributed by atoms with Crippen LogP contribution in [0.25, 0.3) is 0 Å². The molecular weight excluding hydrogens is 283 g/mol. The third-order valence-corrected chi connectivity index (χ3v) is 3.82. The van der Waals surface area contributed by atoms with E-state index >= 15 is 0 Å². The summed E-state index contributed by atoms with van der Waals surface area (Å²) in [6.45, 7) is 1.23. The average molecular weight is 301 g/mol. The molecule has 0 bridgehead atoms. The molecule has 0 saturated carbocycles. The molecule has 1 saturated heterocycles. The Morgan fingerprint density at radius 3 is 2.48 bits per heavy atom. The van der Waals surface area contributed by atoms with Crippen molar-refractivity contribution in [3.05, 3.63) is 35.4 Å². The second kappa shape index (κ2) is 5.93. The van der Waals surface area contributed by atoms with Gasteiger partial charge in [-0.3, -0.25) is 4.99 Å². The van der Waals surface area contributed by atoms with Crippen LogP contribution in [0.3, 0.4) is 0 Å². The fourth-order valence-electron chi connectivity index (χ4n) is 2.57. The van der Waals surface area contributed by atoms with Gasteiger partial charge in [-0.1, -0.05) is 18.2 Å². The van der Waals surface area contributed by atoms with Crippen molar-refractivity contribution in [3.8, 4) is 0 Å². The van der Waals surface area contributed by atoms with Gasteiger partial charge < -0.3 is 16.2 Å². The van der Waals surface area contributed by atoms with Crippen molar-refractivity contribution in [2.75, 3.05) is 19.8 Å². The molecule has 21 heavy (non-hydrogen) atoms. The van der Waals surface area contributed by atoms with Gasteiger partial charge in [-0.05, 0) is 24.5 Å². The number of benzene rings is 1. The zero-order valence-corrected chi connectivity index (χ0v) is 11.5. The van der Waals surface area contributed by atoms with Crippen LogP contribution in [-0.2, 0) is 16.3 Å². The van der Waals surface area contributed by atoms with Gasteiger partial charge in [0, 0.05) is 18.6 Å². The first-order valence-corrected chi connectivity index (χ1v) is 6.64. The number of halogens is 3. The summed E-state index contributed by atoms with van der Waals surface area (Å²) in [5, 5.41) is 0. The lowest BCUT2D eigenvalue weighted by molar-refractivity contribution is -0.137. The molecule has 0 aliphatic carbocycles. The summed E-state index contributed by atoms with van der Waals surface area (Å²) >= 11 is 0. The Hall–Kier alpha value is -1.76. The Morgan fingerprint density at radius 1 is 1.24 bits per heavy atom. The molecule has 1 heterocycles. The van der Waals surface area contributed by atoms with Crippen molar-refractivity contribution in [1.82, 2.24) is 0 Å². The largest absolute Gasteiger partial charge is 0.416 e. The van der Waals surface area contributed by atoms with Crippen LogP contribution >= 0.6 is 0 Å². The minimum atomic E-state index is -4.36. The molecule has 0 spiro atoms. The van der Waals surface area contributed by atoms with Crippen molar-refractivity contribution in [2.24, 2.45) is 16.5 Å². The number of rotatable bonds is 3. The molecule has 4 nitrogen and oxygen atoms in total. The van der Waals surface area contributed by atoms with E-state index in [9.17, 15) is 13.2 Å². The van der Waals surface area contributed by atoms with Crippen LogP contribution in [0.15, 0.2) is 29.3 Å². The molecule has 0 amide bonds. The highest BCUT2D eigenvalue weighted by molar-refractivity contribution is 5.75. The van der Waals surface area contributed by atoms with Gasteiger partial charge in [-0.2, -0.15) is 13.2 Å². The Morgan fingerprint density at radius 2 is 1.90 bits per heavy atom. The fourth-order valence-corrected chi connectivity index (χ4v) is 2.57. The summed E-state index contributed by atoms with van der Waals surface area (Å²) < 4.78 is 44.0. The molecule has 0 unspecified atom stereocenters. The van der Waals surface area contributed by atoms with E-state index < -0.39 is 17.2 Å². The molecule has 2 rings (SSSR count). The number of aliphatic imine (C=N–C) groups is 1. The van der Waals surface area contributed by atoms with Gasteiger partial charge in [0.1, 0.15) is 0 Å². The molecule has 1 aliphatic heterocycles. The maximum Gasteiger partial charge on any atom is 0.416 e. The number of nitrogens with zero attached hydrogens (tertiary/aromatic N) is 1. The summed E-state index contributed by atoms with van der Waals surface area (Å²) in [7, 11) is 0. The van der Waals surface area contributed by atoms with E-state index in [1.165, 1.54) is 12.1 Å². The van der Waals surface area contributed by atoms with Gasteiger partial charge in [0.15, 0.2) is 5.96 Å². The van der Waals surface area contributed by atoms with E-state index in [1.54, 1.807) is 6.07 Å². The highest BCUT2D eigenvalue weighted by Crippen LogP contribution is 2.38. The third-order valence-electron chi connectivity index (χ3n) is 3.82. The molecule has 4 N–H and O–H groups in total. The quantitative estimate of drug-likeness (QED) is 0.662. The number of alkyl halides is 3. The zero-order chi connectivity index (χ0) is 15.5. The monoisotopic (exact) mass is 301 g/mol. The molecule has 116 valence electrons. The Kier molecular flexibility index (Phi) is 4.41. The normalized spacial score (nSPS) is 18.2. The molecule has 1 aromatic rings. The predicted molar refractivity (Wildman–Crippen MR) is 73.9 cm³/mol. The van der Waals surface area contributed by atoms with Gasteiger partial charge in [-0.25, -0.2) is 0 Å². The molecule has 1 aromatic carbocycles. The van der Waals surface area contributed by atoms with Crippen LogP contribution in [0.4, 0.5) is 13.2 Å². The van der Waals surface area contributed by atoms with Crippen molar-refractivity contribution in [2.45, 2.75) is 24.4 Å². The van der Waals surface area contributed by atoms with Gasteiger partial charge in [0.05, 0.1) is 12.1 Å². The lowest BCUT2D eigenvalue weighted by Crippen LogP contribution is -2.38. The summed E-state index contributed by atoms with van der Waals surface area (Å²) in [5.41, 5.74) is 10.2. The Bertz CT molecular complexity index is 518. The van der Waals surface area contributed by atoms with Gasteiger partial charge >= 0.3 is 6.18 Å². The third kappa shape index (κ3) is 3.66. The van der Waals surface area contributed by atoms with Crippen molar-refractivity contribution in [1.29, 1.82) is 0 Å². The average Bonchev–Trinajstić information content (AvgIpc) is 2.45. The topological polar surface area (TPSA) is 73.6 Å². The van der Waals surface area contributed by atoms with Gasteiger partial charge in [0.25, 0.3) is 0 Å². The minimum Gasteiger partial charge on any atom is -0.381 e. The van der Waals surface area contributed by atoms with Crippen LogP contribution in [0.2, 0.25) is 0 Å². The van der Waals surface area contributed by atoms with E-state index in [4.69, 9.17) is 16.2 Å². The van der Waals surface area contributed by atoms with Gasteiger partial charge in [0.2, 0.25) is 0 Å². The van der Waals surface area contributed by atoms with E-state index in [0.29, 0.717) is 31.6 Å². The predicted octanol–water partition coefficient (Wildman–Crippen LogP) is 2.03. The summed E-state index contributed by atoms with van der Waals surface area (Å²) in [6.07, 6.45) is -3.19. The highest BCUT2D eigenvalue weighted by Gasteiger charge is 2.37. The van der Waals surface area contributed by atoms with E-state index in [1.807, 2.05) is 0 Å². The van der Waals surface area contributed by atoms with Crippen LogP contribution < -0.4 is 11.5 Å². The molecule has 1 fully saturated rings. The first-order valence-electron chi connectivity index (χ1n) is 6.64.